The number of nitrogens with zero attached hydrogens (tertiary/aromatic N) is 3. The summed E-state index contributed by atoms with van der Waals surface area (Å²) in [7, 11) is 1.94. The van der Waals surface area contributed by atoms with Crippen molar-refractivity contribution in [3.8, 4) is 11.1 Å². The Bertz CT molecular complexity index is 1160. The lowest BCUT2D eigenvalue weighted by molar-refractivity contribution is -0.115. The van der Waals surface area contributed by atoms with Gasteiger partial charge in [-0.3, -0.25) is 4.79 Å². The molecule has 1 N–H and O–H groups in total. The minimum Gasteiger partial charge on any atom is -0.325 e. The summed E-state index contributed by atoms with van der Waals surface area (Å²) in [6, 6.07) is 28.1. The van der Waals surface area contributed by atoms with Crippen molar-refractivity contribution in [2.24, 2.45) is 7.05 Å². The lowest BCUT2D eigenvalue weighted by Crippen LogP contribution is -2.23. The van der Waals surface area contributed by atoms with Gasteiger partial charge in [-0.25, -0.2) is 0 Å². The van der Waals surface area contributed by atoms with E-state index in [0.29, 0.717) is 6.42 Å². The third kappa shape index (κ3) is 5.03. The van der Waals surface area contributed by atoms with Gasteiger partial charge in [-0.15, -0.1) is 10.2 Å². The second-order valence-electron chi connectivity index (χ2n) is 7.28. The van der Waals surface area contributed by atoms with Gasteiger partial charge in [-0.1, -0.05) is 90.6 Å². The smallest absolute Gasteiger partial charge is 0.237 e. The number of hydrogen-bond donors (Lipinski definition) is 1. The number of aromatic nitrogens is 3. The van der Waals surface area contributed by atoms with Crippen LogP contribution in [0.4, 0.5) is 5.69 Å². The number of anilines is 1. The molecule has 1 heterocycles. The zero-order chi connectivity index (χ0) is 21.6. The summed E-state index contributed by atoms with van der Waals surface area (Å²) >= 11 is 1.41. The number of benzene rings is 3. The van der Waals surface area contributed by atoms with E-state index < -0.39 is 0 Å². The van der Waals surface area contributed by atoms with Crippen LogP contribution in [0.3, 0.4) is 0 Å². The minimum atomic E-state index is -0.323. The molecule has 0 bridgehead atoms. The Morgan fingerprint density at radius 1 is 0.935 bits per heavy atom. The van der Waals surface area contributed by atoms with Crippen LogP contribution in [0.5, 0.6) is 0 Å². The van der Waals surface area contributed by atoms with Crippen LogP contribution >= 0.6 is 11.8 Å². The second kappa shape index (κ2) is 9.62. The number of para-hydroxylation sites is 1. The van der Waals surface area contributed by atoms with Gasteiger partial charge in [0, 0.05) is 24.7 Å². The van der Waals surface area contributed by atoms with E-state index in [1.165, 1.54) is 17.3 Å². The number of carbonyl (C=O) groups is 1. The molecule has 0 spiro atoms. The maximum absolute atomic E-state index is 12.9. The van der Waals surface area contributed by atoms with Crippen LogP contribution in [0.15, 0.2) is 90.1 Å². The molecule has 6 heteroatoms. The van der Waals surface area contributed by atoms with Gasteiger partial charge in [0.05, 0.1) is 5.25 Å². The van der Waals surface area contributed by atoms with Crippen molar-refractivity contribution in [1.82, 2.24) is 14.8 Å². The summed E-state index contributed by atoms with van der Waals surface area (Å²) < 4.78 is 1.96. The molecule has 4 aromatic rings. The summed E-state index contributed by atoms with van der Waals surface area (Å²) in [6.07, 6.45) is 0.704. The molecule has 1 aromatic heterocycles. The first kappa shape index (κ1) is 20.9. The Hall–Kier alpha value is -3.38. The summed E-state index contributed by atoms with van der Waals surface area (Å²) in [4.78, 5) is 12.9. The van der Waals surface area contributed by atoms with Gasteiger partial charge >= 0.3 is 0 Å². The molecule has 0 fully saturated rings. The number of carbonyl (C=O) groups excluding carboxylic acids is 1. The van der Waals surface area contributed by atoms with Crippen LogP contribution in [0.25, 0.3) is 11.1 Å². The lowest BCUT2D eigenvalue weighted by atomic mass is 10.0. The molecule has 1 amide bonds. The van der Waals surface area contributed by atoms with E-state index in [4.69, 9.17) is 0 Å². The zero-order valence-corrected chi connectivity index (χ0v) is 18.3. The molecule has 0 saturated heterocycles. The Kier molecular flexibility index (Phi) is 6.48. The topological polar surface area (TPSA) is 59.8 Å². The zero-order valence-electron chi connectivity index (χ0n) is 17.5. The van der Waals surface area contributed by atoms with E-state index in [9.17, 15) is 4.79 Å². The number of nitrogens with one attached hydrogen (secondary N) is 1. The van der Waals surface area contributed by atoms with Crippen LogP contribution in [0.2, 0.25) is 0 Å². The van der Waals surface area contributed by atoms with E-state index >= 15 is 0 Å². The highest BCUT2D eigenvalue weighted by Crippen LogP contribution is 2.29. The fourth-order valence-corrected chi connectivity index (χ4v) is 4.12. The van der Waals surface area contributed by atoms with Crippen molar-refractivity contribution < 1.29 is 4.79 Å². The Morgan fingerprint density at radius 3 is 2.32 bits per heavy atom. The molecule has 3 aromatic carbocycles. The Balaban J connectivity index is 1.45. The third-order valence-corrected chi connectivity index (χ3v) is 6.19. The molecular weight excluding hydrogens is 404 g/mol. The third-order valence-electron chi connectivity index (χ3n) is 5.05. The van der Waals surface area contributed by atoms with Crippen molar-refractivity contribution >= 4 is 23.4 Å². The number of rotatable bonds is 7. The fraction of sp³-hybridized carbons (Fsp3) is 0.160. The first-order valence-corrected chi connectivity index (χ1v) is 11.0. The lowest BCUT2D eigenvalue weighted by Gasteiger charge is -2.15. The monoisotopic (exact) mass is 428 g/mol. The standard InChI is InChI=1S/C25H24N4OS/c1-18(31-25-28-27-23(29(25)2)17-19-11-5-3-6-12-19)24(30)26-22-16-10-9-15-21(22)20-13-7-4-8-14-20/h3-16,18H,17H2,1-2H3,(H,26,30)/t18-/m1/s1. The van der Waals surface area contributed by atoms with Crippen LogP contribution in [-0.2, 0) is 18.3 Å². The molecule has 0 saturated carbocycles. The van der Waals surface area contributed by atoms with Crippen LogP contribution in [0, 0.1) is 0 Å². The van der Waals surface area contributed by atoms with Crippen molar-refractivity contribution in [3.63, 3.8) is 0 Å². The highest BCUT2D eigenvalue weighted by atomic mass is 32.2. The van der Waals surface area contributed by atoms with Crippen molar-refractivity contribution in [2.45, 2.75) is 23.8 Å². The normalized spacial score (nSPS) is 11.8. The number of amides is 1. The van der Waals surface area contributed by atoms with Crippen molar-refractivity contribution in [2.75, 3.05) is 5.32 Å². The molecule has 5 nitrogen and oxygen atoms in total. The molecule has 4 rings (SSSR count). The molecule has 0 aliphatic heterocycles. The maximum atomic E-state index is 12.9. The first-order valence-electron chi connectivity index (χ1n) is 10.2. The van der Waals surface area contributed by atoms with Gasteiger partial charge in [0.2, 0.25) is 5.91 Å². The highest BCUT2D eigenvalue weighted by Gasteiger charge is 2.20. The van der Waals surface area contributed by atoms with E-state index in [0.717, 1.165) is 27.8 Å². The van der Waals surface area contributed by atoms with E-state index in [-0.39, 0.29) is 11.2 Å². The summed E-state index contributed by atoms with van der Waals surface area (Å²) in [5.74, 6) is 0.803. The van der Waals surface area contributed by atoms with Crippen LogP contribution in [-0.4, -0.2) is 25.9 Å². The average Bonchev–Trinajstić information content (AvgIpc) is 3.14. The van der Waals surface area contributed by atoms with Gasteiger partial charge < -0.3 is 9.88 Å². The van der Waals surface area contributed by atoms with Gasteiger partial charge in [0.15, 0.2) is 5.16 Å². The number of hydrogen-bond acceptors (Lipinski definition) is 4. The predicted molar refractivity (Wildman–Crippen MR) is 126 cm³/mol. The van der Waals surface area contributed by atoms with Crippen LogP contribution < -0.4 is 5.32 Å². The first-order chi connectivity index (χ1) is 15.1. The van der Waals surface area contributed by atoms with Crippen LogP contribution in [0.1, 0.15) is 18.3 Å². The second-order valence-corrected chi connectivity index (χ2v) is 8.59. The molecule has 0 unspecified atom stereocenters. The van der Waals surface area contributed by atoms with E-state index in [1.54, 1.807) is 0 Å². The largest absolute Gasteiger partial charge is 0.325 e. The molecule has 156 valence electrons. The SMILES string of the molecule is C[C@@H](Sc1nnc(Cc2ccccc2)n1C)C(=O)Nc1ccccc1-c1ccccc1. The molecular formula is C25H24N4OS. The minimum absolute atomic E-state index is 0.0685. The van der Waals surface area contributed by atoms with Crippen molar-refractivity contribution in [1.29, 1.82) is 0 Å². The van der Waals surface area contributed by atoms with E-state index in [1.807, 2.05) is 91.3 Å². The highest BCUT2D eigenvalue weighted by molar-refractivity contribution is 8.00. The fourth-order valence-electron chi connectivity index (χ4n) is 3.29. The molecule has 1 atom stereocenters. The van der Waals surface area contributed by atoms with Gasteiger partial charge in [-0.05, 0) is 24.1 Å². The quantitative estimate of drug-likeness (QED) is 0.412. The van der Waals surface area contributed by atoms with Gasteiger partial charge in [0.25, 0.3) is 0 Å². The summed E-state index contributed by atoms with van der Waals surface area (Å²) in [5.41, 5.74) is 4.04. The average molecular weight is 429 g/mol. The maximum Gasteiger partial charge on any atom is 0.237 e. The summed E-state index contributed by atoms with van der Waals surface area (Å²) in [6.45, 7) is 1.89. The summed E-state index contributed by atoms with van der Waals surface area (Å²) in [5, 5.41) is 12.1. The molecule has 0 aliphatic rings. The van der Waals surface area contributed by atoms with Crippen molar-refractivity contribution in [3.05, 3.63) is 96.3 Å². The van der Waals surface area contributed by atoms with E-state index in [2.05, 4.69) is 27.6 Å². The Morgan fingerprint density at radius 2 is 1.58 bits per heavy atom. The van der Waals surface area contributed by atoms with Gasteiger partial charge in [-0.2, -0.15) is 0 Å². The predicted octanol–water partition coefficient (Wildman–Crippen LogP) is 5.19. The van der Waals surface area contributed by atoms with Gasteiger partial charge in [0.1, 0.15) is 5.82 Å². The molecule has 0 aliphatic carbocycles. The molecule has 0 radical (unpaired) electrons. The Labute approximate surface area is 186 Å². The molecule has 31 heavy (non-hydrogen) atoms. The number of thioether (sulfide) groups is 1.